The number of hydrogen-bond acceptors (Lipinski definition) is 2. The molecule has 4 rings (SSSR count). The van der Waals surface area contributed by atoms with E-state index in [1.165, 1.54) is 0 Å². The Bertz CT molecular complexity index is 1070. The van der Waals surface area contributed by atoms with Gasteiger partial charge in [0, 0.05) is 28.9 Å². The summed E-state index contributed by atoms with van der Waals surface area (Å²) in [4.78, 5) is 29.8. The summed E-state index contributed by atoms with van der Waals surface area (Å²) < 4.78 is 0. The van der Waals surface area contributed by atoms with Crippen molar-refractivity contribution in [1.29, 1.82) is 0 Å². The van der Waals surface area contributed by atoms with Crippen LogP contribution in [-0.4, -0.2) is 23.9 Å². The first-order valence-corrected chi connectivity index (χ1v) is 10.4. The lowest BCUT2D eigenvalue weighted by atomic mass is 9.89. The maximum atomic E-state index is 13.5. The largest absolute Gasteiger partial charge is 0.307 e. The number of anilines is 2. The molecule has 0 aromatic heterocycles. The number of halogens is 1. The fraction of sp³-hybridized carbons (Fsp3) is 0.200. The summed E-state index contributed by atoms with van der Waals surface area (Å²) in [5.74, 6) is -0.149. The molecule has 1 heterocycles. The van der Waals surface area contributed by atoms with Gasteiger partial charge in [-0.1, -0.05) is 48.0 Å². The van der Waals surface area contributed by atoms with Crippen LogP contribution < -0.4 is 9.80 Å². The number of hydrogen-bond donors (Lipinski definition) is 0. The van der Waals surface area contributed by atoms with Crippen molar-refractivity contribution in [3.8, 4) is 0 Å². The number of fused-ring (bicyclic) bond motifs is 1. The zero-order valence-electron chi connectivity index (χ0n) is 17.0. The van der Waals surface area contributed by atoms with Crippen molar-refractivity contribution in [2.75, 3.05) is 9.80 Å². The Morgan fingerprint density at radius 1 is 0.967 bits per heavy atom. The summed E-state index contributed by atoms with van der Waals surface area (Å²) in [5, 5.41) is 0.614. The molecule has 0 radical (unpaired) electrons. The number of carbonyl (C=O) groups is 2. The van der Waals surface area contributed by atoms with Gasteiger partial charge in [0.15, 0.2) is 0 Å². The van der Waals surface area contributed by atoms with Gasteiger partial charge in [-0.3, -0.25) is 9.59 Å². The highest BCUT2D eigenvalue weighted by Gasteiger charge is 2.39. The fourth-order valence-corrected chi connectivity index (χ4v) is 4.45. The highest BCUT2D eigenvalue weighted by Crippen LogP contribution is 2.37. The van der Waals surface area contributed by atoms with Gasteiger partial charge in [-0.25, -0.2) is 0 Å². The van der Waals surface area contributed by atoms with Gasteiger partial charge in [0.2, 0.25) is 5.91 Å². The van der Waals surface area contributed by atoms with Crippen LogP contribution in [0.2, 0.25) is 5.02 Å². The summed E-state index contributed by atoms with van der Waals surface area (Å²) in [5.41, 5.74) is 3.23. The lowest BCUT2D eigenvalue weighted by molar-refractivity contribution is -0.117. The molecule has 3 aromatic carbocycles. The van der Waals surface area contributed by atoms with E-state index in [1.54, 1.807) is 22.8 Å². The van der Waals surface area contributed by atoms with E-state index in [-0.39, 0.29) is 23.9 Å². The van der Waals surface area contributed by atoms with Crippen LogP contribution in [-0.2, 0) is 11.2 Å². The molecular weight excluding hydrogens is 396 g/mol. The molecule has 2 atom stereocenters. The first-order chi connectivity index (χ1) is 14.5. The predicted octanol–water partition coefficient (Wildman–Crippen LogP) is 5.35. The zero-order chi connectivity index (χ0) is 21.3. The molecule has 152 valence electrons. The van der Waals surface area contributed by atoms with E-state index in [4.69, 9.17) is 11.6 Å². The normalized spacial score (nSPS) is 17.9. The highest BCUT2D eigenvalue weighted by atomic mass is 35.5. The van der Waals surface area contributed by atoms with Crippen molar-refractivity contribution in [2.45, 2.75) is 32.4 Å². The van der Waals surface area contributed by atoms with Gasteiger partial charge in [0.1, 0.15) is 0 Å². The summed E-state index contributed by atoms with van der Waals surface area (Å²) in [6, 6.07) is 24.0. The van der Waals surface area contributed by atoms with E-state index in [9.17, 15) is 9.59 Å². The maximum Gasteiger partial charge on any atom is 0.258 e. The predicted molar refractivity (Wildman–Crippen MR) is 121 cm³/mol. The van der Waals surface area contributed by atoms with Crippen LogP contribution in [0.25, 0.3) is 0 Å². The molecule has 0 spiro atoms. The van der Waals surface area contributed by atoms with Crippen LogP contribution in [0.5, 0.6) is 0 Å². The molecule has 1 aliphatic rings. The number of nitrogens with zero attached hydrogens (tertiary/aromatic N) is 2. The molecule has 0 N–H and O–H groups in total. The summed E-state index contributed by atoms with van der Waals surface area (Å²) >= 11 is 6.28. The third-order valence-electron chi connectivity index (χ3n) is 5.64. The van der Waals surface area contributed by atoms with E-state index in [0.29, 0.717) is 17.0 Å². The van der Waals surface area contributed by atoms with Gasteiger partial charge in [-0.05, 0) is 61.4 Å². The Labute approximate surface area is 181 Å². The molecule has 0 saturated heterocycles. The van der Waals surface area contributed by atoms with Crippen LogP contribution in [0.4, 0.5) is 11.4 Å². The van der Waals surface area contributed by atoms with E-state index < -0.39 is 0 Å². The molecule has 30 heavy (non-hydrogen) atoms. The third-order valence-corrected chi connectivity index (χ3v) is 5.87. The number of para-hydroxylation sites is 1. The molecule has 0 aliphatic carbocycles. The molecular formula is C25H23ClN2O2. The lowest BCUT2D eigenvalue weighted by Gasteiger charge is -2.45. The standard InChI is InChI=1S/C25H23ClN2O2/c1-17-24(28(18(2)29)22-11-7-4-8-12-22)16-20-15-21(26)13-14-23(20)27(17)25(30)19-9-5-3-6-10-19/h3-15,17,24H,16H2,1-2H3. The summed E-state index contributed by atoms with van der Waals surface area (Å²) in [6.07, 6.45) is 0.615. The van der Waals surface area contributed by atoms with Crippen LogP contribution in [0.15, 0.2) is 78.9 Å². The van der Waals surface area contributed by atoms with Gasteiger partial charge < -0.3 is 9.80 Å². The topological polar surface area (TPSA) is 40.6 Å². The first-order valence-electron chi connectivity index (χ1n) is 9.99. The Balaban J connectivity index is 1.82. The first kappa shape index (κ1) is 20.2. The minimum atomic E-state index is -0.226. The van der Waals surface area contributed by atoms with Crippen molar-refractivity contribution in [1.82, 2.24) is 0 Å². The van der Waals surface area contributed by atoms with Gasteiger partial charge in [0.05, 0.1) is 12.1 Å². The highest BCUT2D eigenvalue weighted by molar-refractivity contribution is 6.30. The van der Waals surface area contributed by atoms with E-state index >= 15 is 0 Å². The van der Waals surface area contributed by atoms with Crippen molar-refractivity contribution in [3.63, 3.8) is 0 Å². The average molecular weight is 419 g/mol. The molecule has 1 aliphatic heterocycles. The Morgan fingerprint density at radius 3 is 2.23 bits per heavy atom. The molecule has 3 aromatic rings. The molecule has 0 bridgehead atoms. The van der Waals surface area contributed by atoms with Gasteiger partial charge in [-0.15, -0.1) is 0 Å². The number of benzene rings is 3. The second-order valence-electron chi connectivity index (χ2n) is 7.55. The van der Waals surface area contributed by atoms with Gasteiger partial charge >= 0.3 is 0 Å². The second kappa shape index (κ2) is 8.33. The maximum absolute atomic E-state index is 13.5. The quantitative estimate of drug-likeness (QED) is 0.575. The minimum Gasteiger partial charge on any atom is -0.307 e. The molecule has 4 nitrogen and oxygen atoms in total. The SMILES string of the molecule is CC(=O)N(c1ccccc1)C1Cc2cc(Cl)ccc2N(C(=O)c2ccccc2)C1C. The Hall–Kier alpha value is -3.11. The lowest BCUT2D eigenvalue weighted by Crippen LogP contribution is -2.58. The molecule has 0 fully saturated rings. The van der Waals surface area contributed by atoms with E-state index in [0.717, 1.165) is 16.9 Å². The smallest absolute Gasteiger partial charge is 0.258 e. The van der Waals surface area contributed by atoms with Gasteiger partial charge in [-0.2, -0.15) is 0 Å². The van der Waals surface area contributed by atoms with Crippen molar-refractivity contribution in [2.24, 2.45) is 0 Å². The van der Waals surface area contributed by atoms with Crippen LogP contribution in [0.1, 0.15) is 29.8 Å². The number of carbonyl (C=O) groups excluding carboxylic acids is 2. The Morgan fingerprint density at radius 2 is 1.60 bits per heavy atom. The van der Waals surface area contributed by atoms with Crippen LogP contribution in [0.3, 0.4) is 0 Å². The monoisotopic (exact) mass is 418 g/mol. The Kier molecular flexibility index (Phi) is 5.60. The van der Waals surface area contributed by atoms with Crippen molar-refractivity contribution < 1.29 is 9.59 Å². The number of amides is 2. The van der Waals surface area contributed by atoms with Gasteiger partial charge in [0.25, 0.3) is 5.91 Å². The molecule has 2 unspecified atom stereocenters. The van der Waals surface area contributed by atoms with E-state index in [2.05, 4.69) is 0 Å². The average Bonchev–Trinajstić information content (AvgIpc) is 2.75. The van der Waals surface area contributed by atoms with Crippen molar-refractivity contribution in [3.05, 3.63) is 95.0 Å². The molecule has 2 amide bonds. The van der Waals surface area contributed by atoms with Crippen molar-refractivity contribution >= 4 is 34.8 Å². The second-order valence-corrected chi connectivity index (χ2v) is 7.99. The number of rotatable bonds is 3. The molecule has 0 saturated carbocycles. The molecule has 5 heteroatoms. The summed E-state index contributed by atoms with van der Waals surface area (Å²) in [6.45, 7) is 3.57. The third kappa shape index (κ3) is 3.71. The fourth-order valence-electron chi connectivity index (χ4n) is 4.26. The zero-order valence-corrected chi connectivity index (χ0v) is 17.7. The van der Waals surface area contributed by atoms with Crippen LogP contribution in [0, 0.1) is 0 Å². The summed E-state index contributed by atoms with van der Waals surface area (Å²) in [7, 11) is 0. The van der Waals surface area contributed by atoms with Crippen LogP contribution >= 0.6 is 11.6 Å². The minimum absolute atomic E-state index is 0.0596. The van der Waals surface area contributed by atoms with E-state index in [1.807, 2.05) is 79.7 Å².